The third kappa shape index (κ3) is 1.37. The van der Waals surface area contributed by atoms with Gasteiger partial charge in [-0.25, -0.2) is 8.78 Å². The minimum absolute atomic E-state index is 0.182. The molecule has 1 nitrogen and oxygen atoms in total. The molecule has 1 aliphatic carbocycles. The molecule has 0 heterocycles. The Morgan fingerprint density at radius 2 is 1.73 bits per heavy atom. The minimum atomic E-state index is -3.04. The number of benzene rings is 1. The molecular weight excluding hydrogens is 198 g/mol. The Hall–Kier alpha value is -0.960. The highest BCUT2D eigenvalue weighted by molar-refractivity contribution is 5.41. The van der Waals surface area contributed by atoms with E-state index in [0.717, 1.165) is 0 Å². The molecule has 2 rings (SSSR count). The van der Waals surface area contributed by atoms with Crippen LogP contribution in [0.2, 0.25) is 0 Å². The molecule has 1 aromatic rings. The van der Waals surface area contributed by atoms with Crippen LogP contribution in [0.5, 0.6) is 0 Å². The maximum atomic E-state index is 13.8. The molecule has 0 saturated carbocycles. The van der Waals surface area contributed by atoms with Crippen LogP contribution in [0, 0.1) is 5.92 Å². The normalized spacial score (nSPS) is 28.1. The second kappa shape index (κ2) is 3.27. The lowest BCUT2D eigenvalue weighted by atomic mass is 9.88. The van der Waals surface area contributed by atoms with Gasteiger partial charge in [-0.15, -0.1) is 0 Å². The molecule has 3 heteroatoms. The summed E-state index contributed by atoms with van der Waals surface area (Å²) < 4.78 is 27.6. The number of hydrogen-bond acceptors (Lipinski definition) is 1. The lowest BCUT2D eigenvalue weighted by Gasteiger charge is -2.25. The van der Waals surface area contributed by atoms with E-state index < -0.39 is 17.9 Å². The zero-order valence-electron chi connectivity index (χ0n) is 8.74. The minimum Gasteiger partial charge on any atom is -0.382 e. The molecule has 0 aliphatic heterocycles. The Balaban J connectivity index is 2.56. The molecule has 0 fully saturated rings. The highest BCUT2D eigenvalue weighted by Gasteiger charge is 2.55. The van der Waals surface area contributed by atoms with Gasteiger partial charge in [0.1, 0.15) is 6.10 Å². The van der Waals surface area contributed by atoms with Gasteiger partial charge in [-0.2, -0.15) is 0 Å². The average molecular weight is 212 g/mol. The highest BCUT2D eigenvalue weighted by atomic mass is 19.3. The topological polar surface area (TPSA) is 20.2 Å². The molecule has 0 spiro atoms. The predicted molar refractivity (Wildman–Crippen MR) is 53.9 cm³/mol. The van der Waals surface area contributed by atoms with Gasteiger partial charge in [0.05, 0.1) is 5.92 Å². The predicted octanol–water partition coefficient (Wildman–Crippen LogP) is 3.11. The van der Waals surface area contributed by atoms with Crippen LogP contribution in [-0.2, 0) is 0 Å². The fourth-order valence-corrected chi connectivity index (χ4v) is 2.43. The molecule has 0 amide bonds. The van der Waals surface area contributed by atoms with Crippen LogP contribution in [0.3, 0.4) is 0 Å². The Morgan fingerprint density at radius 1 is 1.20 bits per heavy atom. The zero-order chi connectivity index (χ0) is 11.2. The van der Waals surface area contributed by atoms with Gasteiger partial charge in [0.25, 0.3) is 5.92 Å². The number of fused-ring (bicyclic) bond motifs is 1. The van der Waals surface area contributed by atoms with Crippen LogP contribution in [0.4, 0.5) is 8.78 Å². The van der Waals surface area contributed by atoms with Crippen LogP contribution in [0.25, 0.3) is 0 Å². The van der Waals surface area contributed by atoms with Gasteiger partial charge in [-0.05, 0) is 17.0 Å². The average Bonchev–Trinajstić information content (AvgIpc) is 2.35. The molecule has 0 radical (unpaired) electrons. The summed E-state index contributed by atoms with van der Waals surface area (Å²) in [6, 6.07) is 6.68. The van der Waals surface area contributed by atoms with Gasteiger partial charge in [-0.1, -0.05) is 38.1 Å². The van der Waals surface area contributed by atoms with E-state index in [1.54, 1.807) is 38.1 Å². The molecule has 0 bridgehead atoms. The molecule has 2 atom stereocenters. The van der Waals surface area contributed by atoms with Crippen LogP contribution >= 0.6 is 0 Å². The van der Waals surface area contributed by atoms with Gasteiger partial charge < -0.3 is 5.11 Å². The standard InChI is InChI=1S/C12H14F2O/c1-7(2)10-8-5-3-4-6-9(8)11(15)12(10,13)14/h3-7,10-11,15H,1-2H3. The van der Waals surface area contributed by atoms with E-state index in [1.165, 1.54) is 0 Å². The summed E-state index contributed by atoms with van der Waals surface area (Å²) in [6.45, 7) is 3.51. The van der Waals surface area contributed by atoms with Crippen molar-refractivity contribution in [2.45, 2.75) is 31.8 Å². The van der Waals surface area contributed by atoms with Gasteiger partial charge in [0.2, 0.25) is 0 Å². The quantitative estimate of drug-likeness (QED) is 0.758. The lowest BCUT2D eigenvalue weighted by molar-refractivity contribution is -0.123. The Bertz CT molecular complexity index is 374. The monoisotopic (exact) mass is 212 g/mol. The van der Waals surface area contributed by atoms with Crippen LogP contribution < -0.4 is 0 Å². The smallest absolute Gasteiger partial charge is 0.284 e. The Kier molecular flexibility index (Phi) is 2.30. The van der Waals surface area contributed by atoms with Crippen molar-refractivity contribution < 1.29 is 13.9 Å². The second-order valence-electron chi connectivity index (χ2n) is 4.43. The van der Waals surface area contributed by atoms with Gasteiger partial charge >= 0.3 is 0 Å². The third-order valence-electron chi connectivity index (χ3n) is 3.07. The summed E-state index contributed by atoms with van der Waals surface area (Å²) in [6.07, 6.45) is -1.65. The second-order valence-corrected chi connectivity index (χ2v) is 4.43. The van der Waals surface area contributed by atoms with Crippen molar-refractivity contribution in [3.05, 3.63) is 35.4 Å². The summed E-state index contributed by atoms with van der Waals surface area (Å²) in [7, 11) is 0. The van der Waals surface area contributed by atoms with E-state index in [2.05, 4.69) is 0 Å². The van der Waals surface area contributed by atoms with E-state index in [1.807, 2.05) is 0 Å². The van der Waals surface area contributed by atoms with Crippen LogP contribution in [-0.4, -0.2) is 11.0 Å². The number of halogens is 2. The molecule has 1 N–H and O–H groups in total. The Morgan fingerprint density at radius 3 is 2.27 bits per heavy atom. The molecule has 15 heavy (non-hydrogen) atoms. The van der Waals surface area contributed by atoms with Crippen molar-refractivity contribution in [1.29, 1.82) is 0 Å². The van der Waals surface area contributed by atoms with Gasteiger partial charge in [0, 0.05) is 0 Å². The SMILES string of the molecule is CC(C)C1c2ccccc2C(O)C1(F)F. The summed E-state index contributed by atoms with van der Waals surface area (Å²) >= 11 is 0. The molecule has 1 aliphatic rings. The van der Waals surface area contributed by atoms with E-state index in [0.29, 0.717) is 11.1 Å². The first-order chi connectivity index (χ1) is 6.96. The van der Waals surface area contributed by atoms with Crippen molar-refractivity contribution in [3.8, 4) is 0 Å². The summed E-state index contributed by atoms with van der Waals surface area (Å²) in [5.74, 6) is -4.10. The summed E-state index contributed by atoms with van der Waals surface area (Å²) in [4.78, 5) is 0. The highest BCUT2D eigenvalue weighted by Crippen LogP contribution is 2.54. The first-order valence-electron chi connectivity index (χ1n) is 5.11. The number of hydrogen-bond donors (Lipinski definition) is 1. The van der Waals surface area contributed by atoms with E-state index in [9.17, 15) is 13.9 Å². The lowest BCUT2D eigenvalue weighted by Crippen LogP contribution is -2.29. The molecule has 0 aromatic heterocycles. The Labute approximate surface area is 87.7 Å². The molecule has 0 saturated heterocycles. The molecule has 2 unspecified atom stereocenters. The van der Waals surface area contributed by atoms with E-state index >= 15 is 0 Å². The number of alkyl halides is 2. The van der Waals surface area contributed by atoms with E-state index in [-0.39, 0.29) is 5.92 Å². The van der Waals surface area contributed by atoms with Crippen molar-refractivity contribution in [3.63, 3.8) is 0 Å². The van der Waals surface area contributed by atoms with Crippen molar-refractivity contribution in [2.24, 2.45) is 5.92 Å². The van der Waals surface area contributed by atoms with Crippen LogP contribution in [0.15, 0.2) is 24.3 Å². The van der Waals surface area contributed by atoms with Crippen molar-refractivity contribution >= 4 is 0 Å². The third-order valence-corrected chi connectivity index (χ3v) is 3.07. The maximum absolute atomic E-state index is 13.8. The maximum Gasteiger partial charge on any atom is 0.284 e. The molecule has 1 aromatic carbocycles. The fraction of sp³-hybridized carbons (Fsp3) is 0.500. The zero-order valence-corrected chi connectivity index (χ0v) is 8.74. The number of aliphatic hydroxyl groups is 1. The summed E-state index contributed by atoms with van der Waals surface area (Å²) in [5, 5.41) is 9.58. The van der Waals surface area contributed by atoms with Gasteiger partial charge in [0.15, 0.2) is 0 Å². The van der Waals surface area contributed by atoms with Crippen LogP contribution in [0.1, 0.15) is 37.0 Å². The first-order valence-corrected chi connectivity index (χ1v) is 5.11. The van der Waals surface area contributed by atoms with Gasteiger partial charge in [-0.3, -0.25) is 0 Å². The van der Waals surface area contributed by atoms with Crippen molar-refractivity contribution in [1.82, 2.24) is 0 Å². The number of rotatable bonds is 1. The fourth-order valence-electron chi connectivity index (χ4n) is 2.43. The first kappa shape index (κ1) is 10.6. The molecule has 82 valence electrons. The van der Waals surface area contributed by atoms with Crippen molar-refractivity contribution in [2.75, 3.05) is 0 Å². The largest absolute Gasteiger partial charge is 0.382 e. The van der Waals surface area contributed by atoms with E-state index in [4.69, 9.17) is 0 Å². The molecular formula is C12H14F2O. The number of aliphatic hydroxyl groups excluding tert-OH is 1. The summed E-state index contributed by atoms with van der Waals surface area (Å²) in [5.41, 5.74) is 0.964.